The molecule has 1 aromatic carbocycles. The van der Waals surface area contributed by atoms with Crippen molar-refractivity contribution in [3.63, 3.8) is 0 Å². The molecule has 0 amide bonds. The molecule has 1 heterocycles. The summed E-state index contributed by atoms with van der Waals surface area (Å²) in [6.07, 6.45) is -4.40. The highest BCUT2D eigenvalue weighted by Crippen LogP contribution is 2.27. The minimum atomic E-state index is -4.40. The van der Waals surface area contributed by atoms with E-state index in [1.54, 1.807) is 0 Å². The number of hydrogen-bond donors (Lipinski definition) is 1. The molecule has 2 aromatic rings. The van der Waals surface area contributed by atoms with Crippen LogP contribution in [-0.2, 0) is 12.7 Å². The molecule has 0 unspecified atom stereocenters. The van der Waals surface area contributed by atoms with Crippen LogP contribution in [0.4, 0.5) is 13.2 Å². The molecule has 0 spiro atoms. The molecule has 96 valence electrons. The van der Waals surface area contributed by atoms with Crippen LogP contribution in [-0.4, -0.2) is 9.78 Å². The molecule has 0 saturated heterocycles. The highest BCUT2D eigenvalue weighted by Gasteiger charge is 2.32. The van der Waals surface area contributed by atoms with Gasteiger partial charge in [-0.05, 0) is 12.5 Å². The van der Waals surface area contributed by atoms with E-state index in [2.05, 4.69) is 5.10 Å². The Hall–Kier alpha value is -1.56. The molecule has 1 N–H and O–H groups in total. The summed E-state index contributed by atoms with van der Waals surface area (Å²) in [4.78, 5) is 0. The lowest BCUT2D eigenvalue weighted by molar-refractivity contribution is -0.141. The van der Waals surface area contributed by atoms with Gasteiger partial charge < -0.3 is 0 Å². The van der Waals surface area contributed by atoms with Gasteiger partial charge in [0.2, 0.25) is 0 Å². The second-order valence-corrected chi connectivity index (χ2v) is 4.50. The number of nitrogens with one attached hydrogen (secondary N) is 1. The maximum Gasteiger partial charge on any atom is 0.432 e. The van der Waals surface area contributed by atoms with E-state index in [0.29, 0.717) is 6.54 Å². The standard InChI is InChI=1S/C12H11F3N2S/c1-8-2-4-9(5-3-8)7-17-11(18)6-10(16-17)12(13,14)15/h2-6,16H,7H2,1H3. The predicted octanol–water partition coefficient (Wildman–Crippen LogP) is 3.92. The number of aromatic nitrogens is 2. The van der Waals surface area contributed by atoms with Crippen molar-refractivity contribution in [1.29, 1.82) is 0 Å². The minimum Gasteiger partial charge on any atom is -0.293 e. The lowest BCUT2D eigenvalue weighted by atomic mass is 10.1. The average Bonchev–Trinajstić information content (AvgIpc) is 2.63. The molecule has 0 bridgehead atoms. The van der Waals surface area contributed by atoms with Gasteiger partial charge in [0.25, 0.3) is 0 Å². The molecule has 18 heavy (non-hydrogen) atoms. The summed E-state index contributed by atoms with van der Waals surface area (Å²) >= 11 is 4.90. The fourth-order valence-corrected chi connectivity index (χ4v) is 1.80. The maximum absolute atomic E-state index is 12.5. The fraction of sp³-hybridized carbons (Fsp3) is 0.250. The highest BCUT2D eigenvalue weighted by molar-refractivity contribution is 7.71. The maximum atomic E-state index is 12.5. The number of aryl methyl sites for hydroxylation is 1. The first kappa shape index (κ1) is 12.9. The van der Waals surface area contributed by atoms with Crippen molar-refractivity contribution in [2.75, 3.05) is 0 Å². The van der Waals surface area contributed by atoms with E-state index in [4.69, 9.17) is 12.2 Å². The van der Waals surface area contributed by atoms with Gasteiger partial charge in [-0.1, -0.05) is 42.0 Å². The van der Waals surface area contributed by atoms with Gasteiger partial charge in [-0.15, -0.1) is 0 Å². The molecule has 0 aliphatic rings. The van der Waals surface area contributed by atoms with Crippen LogP contribution in [0, 0.1) is 11.6 Å². The van der Waals surface area contributed by atoms with E-state index in [9.17, 15) is 13.2 Å². The van der Waals surface area contributed by atoms with Gasteiger partial charge in [-0.3, -0.25) is 9.78 Å². The third-order valence-electron chi connectivity index (χ3n) is 2.56. The van der Waals surface area contributed by atoms with Crippen LogP contribution in [0.2, 0.25) is 0 Å². The van der Waals surface area contributed by atoms with Crippen molar-refractivity contribution in [2.24, 2.45) is 0 Å². The Balaban J connectivity index is 2.27. The second-order valence-electron chi connectivity index (χ2n) is 4.08. The molecule has 0 aliphatic carbocycles. The molecule has 2 nitrogen and oxygen atoms in total. The first-order chi connectivity index (χ1) is 8.36. The van der Waals surface area contributed by atoms with Crippen molar-refractivity contribution in [3.8, 4) is 0 Å². The van der Waals surface area contributed by atoms with Crippen LogP contribution in [0.3, 0.4) is 0 Å². The first-order valence-corrected chi connectivity index (χ1v) is 5.70. The van der Waals surface area contributed by atoms with Crippen molar-refractivity contribution in [1.82, 2.24) is 9.78 Å². The Labute approximate surface area is 107 Å². The SMILES string of the molecule is Cc1ccc(Cn2[nH]c(C(F)(F)F)cc2=S)cc1. The summed E-state index contributed by atoms with van der Waals surface area (Å²) in [7, 11) is 0. The molecule has 6 heteroatoms. The van der Waals surface area contributed by atoms with Crippen LogP contribution in [0.5, 0.6) is 0 Å². The molecule has 0 aliphatic heterocycles. The Kier molecular flexibility index (Phi) is 3.30. The number of H-pyrrole nitrogens is 1. The van der Waals surface area contributed by atoms with E-state index < -0.39 is 11.9 Å². The number of rotatable bonds is 2. The van der Waals surface area contributed by atoms with Crippen LogP contribution in [0.1, 0.15) is 16.8 Å². The van der Waals surface area contributed by atoms with Gasteiger partial charge in [0.1, 0.15) is 10.3 Å². The first-order valence-electron chi connectivity index (χ1n) is 5.29. The molecule has 0 fully saturated rings. The zero-order valence-electron chi connectivity index (χ0n) is 9.58. The number of halogens is 3. The van der Waals surface area contributed by atoms with Crippen molar-refractivity contribution in [2.45, 2.75) is 19.6 Å². The normalized spacial score (nSPS) is 11.8. The lowest BCUT2D eigenvalue weighted by Gasteiger charge is -2.05. The summed E-state index contributed by atoms with van der Waals surface area (Å²) in [5, 5.41) is 2.27. The van der Waals surface area contributed by atoms with E-state index in [1.807, 2.05) is 31.2 Å². The van der Waals surface area contributed by atoms with E-state index in [0.717, 1.165) is 17.2 Å². The Morgan fingerprint density at radius 3 is 2.33 bits per heavy atom. The smallest absolute Gasteiger partial charge is 0.293 e. The summed E-state index contributed by atoms with van der Waals surface area (Å²) in [5.74, 6) is 0. The number of nitrogens with zero attached hydrogens (tertiary/aromatic N) is 1. The zero-order valence-corrected chi connectivity index (χ0v) is 10.4. The van der Waals surface area contributed by atoms with Crippen LogP contribution < -0.4 is 0 Å². The van der Waals surface area contributed by atoms with Crippen molar-refractivity contribution < 1.29 is 13.2 Å². The van der Waals surface area contributed by atoms with Gasteiger partial charge in [0.05, 0.1) is 6.54 Å². The largest absolute Gasteiger partial charge is 0.432 e. The topological polar surface area (TPSA) is 20.7 Å². The summed E-state index contributed by atoms with van der Waals surface area (Å²) in [6.45, 7) is 2.25. The van der Waals surface area contributed by atoms with Gasteiger partial charge in [0, 0.05) is 6.07 Å². The van der Waals surface area contributed by atoms with Gasteiger partial charge in [-0.25, -0.2) is 0 Å². The molecule has 0 radical (unpaired) electrons. The highest BCUT2D eigenvalue weighted by atomic mass is 32.1. The number of hydrogen-bond acceptors (Lipinski definition) is 1. The number of benzene rings is 1. The molecule has 1 aromatic heterocycles. The van der Waals surface area contributed by atoms with Crippen LogP contribution in [0.15, 0.2) is 30.3 Å². The van der Waals surface area contributed by atoms with Gasteiger partial charge >= 0.3 is 6.18 Å². The van der Waals surface area contributed by atoms with Crippen LogP contribution in [0.25, 0.3) is 0 Å². The average molecular weight is 272 g/mol. The summed E-state index contributed by atoms with van der Waals surface area (Å²) in [5.41, 5.74) is 1.18. The number of aromatic amines is 1. The summed E-state index contributed by atoms with van der Waals surface area (Å²) in [6, 6.07) is 8.49. The van der Waals surface area contributed by atoms with Gasteiger partial charge in [-0.2, -0.15) is 13.2 Å². The second kappa shape index (κ2) is 4.61. The monoisotopic (exact) mass is 272 g/mol. The molecular formula is C12H11F3N2S. The van der Waals surface area contributed by atoms with E-state index in [-0.39, 0.29) is 4.64 Å². The van der Waals surface area contributed by atoms with E-state index in [1.165, 1.54) is 4.68 Å². The Morgan fingerprint density at radius 2 is 1.83 bits per heavy atom. The van der Waals surface area contributed by atoms with E-state index >= 15 is 0 Å². The third-order valence-corrected chi connectivity index (χ3v) is 2.89. The molecule has 0 atom stereocenters. The van der Waals surface area contributed by atoms with Crippen LogP contribution >= 0.6 is 12.2 Å². The number of alkyl halides is 3. The lowest BCUT2D eigenvalue weighted by Crippen LogP contribution is -2.08. The molecule has 2 rings (SSSR count). The quantitative estimate of drug-likeness (QED) is 0.822. The Morgan fingerprint density at radius 1 is 1.22 bits per heavy atom. The Bertz CT molecular complexity index is 593. The molecular weight excluding hydrogens is 261 g/mol. The predicted molar refractivity (Wildman–Crippen MR) is 64.9 cm³/mol. The minimum absolute atomic E-state index is 0.142. The fourth-order valence-electron chi connectivity index (χ4n) is 1.57. The van der Waals surface area contributed by atoms with Crippen molar-refractivity contribution in [3.05, 3.63) is 51.8 Å². The third kappa shape index (κ3) is 2.81. The summed E-state index contributed by atoms with van der Waals surface area (Å²) < 4.78 is 38.9. The van der Waals surface area contributed by atoms with Crippen molar-refractivity contribution >= 4 is 12.2 Å². The zero-order chi connectivity index (χ0) is 13.3. The molecule has 0 saturated carbocycles. The van der Waals surface area contributed by atoms with Gasteiger partial charge in [0.15, 0.2) is 0 Å².